The van der Waals surface area contributed by atoms with Crippen LogP contribution in [0.3, 0.4) is 0 Å². The molecular formula is C25H22N2O5S. The predicted octanol–water partition coefficient (Wildman–Crippen LogP) is 4.53. The maximum atomic E-state index is 13.4. The molecule has 0 unspecified atom stereocenters. The van der Waals surface area contributed by atoms with Gasteiger partial charge in [-0.2, -0.15) is 0 Å². The second kappa shape index (κ2) is 8.55. The molecule has 1 aromatic heterocycles. The Balaban J connectivity index is 1.76. The van der Waals surface area contributed by atoms with E-state index in [0.29, 0.717) is 22.2 Å². The normalized spacial score (nSPS) is 11.4. The molecule has 168 valence electrons. The van der Waals surface area contributed by atoms with Gasteiger partial charge in [-0.15, -0.1) is 0 Å². The van der Waals surface area contributed by atoms with Crippen molar-refractivity contribution in [1.82, 2.24) is 4.57 Å². The summed E-state index contributed by atoms with van der Waals surface area (Å²) in [6.07, 6.45) is 1.41. The summed E-state index contributed by atoms with van der Waals surface area (Å²) in [5.74, 6) is -1.03. The molecule has 4 aromatic rings. The summed E-state index contributed by atoms with van der Waals surface area (Å²) in [6.45, 7) is 3.58. The number of hydrogen-bond acceptors (Lipinski definition) is 5. The molecule has 0 atom stereocenters. The first-order chi connectivity index (χ1) is 15.7. The number of aromatic nitrogens is 1. The van der Waals surface area contributed by atoms with Crippen LogP contribution >= 0.6 is 0 Å². The number of carbonyl (C=O) groups is 2. The zero-order valence-electron chi connectivity index (χ0n) is 18.3. The lowest BCUT2D eigenvalue weighted by molar-refractivity contribution is 0.0603. The van der Waals surface area contributed by atoms with Crippen LogP contribution in [0.2, 0.25) is 0 Å². The molecule has 0 radical (unpaired) electrons. The molecule has 0 saturated heterocycles. The molecule has 4 rings (SSSR count). The van der Waals surface area contributed by atoms with Crippen LogP contribution < -0.4 is 4.72 Å². The van der Waals surface area contributed by atoms with Gasteiger partial charge in [0.05, 0.1) is 23.1 Å². The fourth-order valence-corrected chi connectivity index (χ4v) is 4.94. The van der Waals surface area contributed by atoms with Gasteiger partial charge >= 0.3 is 5.97 Å². The topological polar surface area (TPSA) is 94.5 Å². The maximum Gasteiger partial charge on any atom is 0.340 e. The minimum atomic E-state index is -3.94. The van der Waals surface area contributed by atoms with Gasteiger partial charge in [-0.3, -0.25) is 14.1 Å². The van der Waals surface area contributed by atoms with E-state index in [0.717, 1.165) is 5.56 Å². The first-order valence-corrected chi connectivity index (χ1v) is 11.6. The lowest BCUT2D eigenvalue weighted by Gasteiger charge is -2.12. The van der Waals surface area contributed by atoms with Crippen LogP contribution in [0.15, 0.2) is 77.8 Å². The SMILES string of the molecule is COC(=O)c1cn(C(=O)c2ccc(C)c(S(=O)(=O)Nc3ccc(C)cc3)c2)c2ccccc12. The fourth-order valence-electron chi connectivity index (χ4n) is 3.61. The molecule has 0 saturated carbocycles. The number of esters is 1. The number of sulfonamides is 1. The number of nitrogens with one attached hydrogen (secondary N) is 1. The van der Waals surface area contributed by atoms with Gasteiger partial charge in [0.2, 0.25) is 0 Å². The number of aryl methyl sites for hydroxylation is 2. The monoisotopic (exact) mass is 462 g/mol. The molecule has 0 spiro atoms. The highest BCUT2D eigenvalue weighted by molar-refractivity contribution is 7.92. The van der Waals surface area contributed by atoms with Gasteiger partial charge < -0.3 is 4.74 Å². The Morgan fingerprint density at radius 1 is 0.939 bits per heavy atom. The predicted molar refractivity (Wildman–Crippen MR) is 126 cm³/mol. The standard InChI is InChI=1S/C25H22N2O5S/c1-16-8-12-19(13-9-16)26-33(30,31)23-14-18(11-10-17(23)2)24(28)27-15-21(25(29)32-3)20-6-4-5-7-22(20)27/h4-15,26H,1-3H3. The number of ether oxygens (including phenoxy) is 1. The Hall–Kier alpha value is -3.91. The molecule has 33 heavy (non-hydrogen) atoms. The van der Waals surface area contributed by atoms with E-state index in [-0.39, 0.29) is 16.0 Å². The first kappa shape index (κ1) is 22.3. The molecule has 0 aliphatic rings. The molecule has 8 heteroatoms. The van der Waals surface area contributed by atoms with E-state index >= 15 is 0 Å². The summed E-state index contributed by atoms with van der Waals surface area (Å²) in [5, 5.41) is 0.568. The molecule has 7 nitrogen and oxygen atoms in total. The Bertz CT molecular complexity index is 1490. The summed E-state index contributed by atoms with van der Waals surface area (Å²) in [7, 11) is -2.66. The summed E-state index contributed by atoms with van der Waals surface area (Å²) >= 11 is 0. The highest BCUT2D eigenvalue weighted by Gasteiger charge is 2.23. The molecule has 1 N–H and O–H groups in total. The second-order valence-corrected chi connectivity index (χ2v) is 9.33. The third-order valence-electron chi connectivity index (χ3n) is 5.36. The number of anilines is 1. The molecule has 1 heterocycles. The first-order valence-electron chi connectivity index (χ1n) is 10.1. The van der Waals surface area contributed by atoms with Crippen molar-refractivity contribution in [3.63, 3.8) is 0 Å². The van der Waals surface area contributed by atoms with Crippen LogP contribution in [0, 0.1) is 13.8 Å². The number of para-hydroxylation sites is 1. The molecule has 0 bridgehead atoms. The Labute approximate surface area is 191 Å². The van der Waals surface area contributed by atoms with Crippen molar-refractivity contribution in [3.05, 3.63) is 95.2 Å². The average Bonchev–Trinajstić information content (AvgIpc) is 3.19. The number of benzene rings is 3. The van der Waals surface area contributed by atoms with Gasteiger partial charge in [0.25, 0.3) is 15.9 Å². The van der Waals surface area contributed by atoms with E-state index in [1.54, 1.807) is 67.6 Å². The van der Waals surface area contributed by atoms with Crippen LogP contribution in [0.4, 0.5) is 5.69 Å². The summed E-state index contributed by atoms with van der Waals surface area (Å²) < 4.78 is 34.9. The fraction of sp³-hybridized carbons (Fsp3) is 0.120. The Morgan fingerprint density at radius 3 is 2.33 bits per heavy atom. The number of rotatable bonds is 5. The van der Waals surface area contributed by atoms with Crippen LogP contribution in [-0.4, -0.2) is 32.0 Å². The zero-order chi connectivity index (χ0) is 23.8. The summed E-state index contributed by atoms with van der Waals surface area (Å²) in [4.78, 5) is 25.6. The molecule has 0 aliphatic heterocycles. The summed E-state index contributed by atoms with van der Waals surface area (Å²) in [5.41, 5.74) is 2.87. The number of fused-ring (bicyclic) bond motifs is 1. The van der Waals surface area contributed by atoms with E-state index in [9.17, 15) is 18.0 Å². The summed E-state index contributed by atoms with van der Waals surface area (Å²) in [6, 6.07) is 18.4. The van der Waals surface area contributed by atoms with Gasteiger partial charge in [-0.25, -0.2) is 13.2 Å². The molecule has 3 aromatic carbocycles. The Morgan fingerprint density at radius 2 is 1.64 bits per heavy atom. The minimum Gasteiger partial charge on any atom is -0.465 e. The van der Waals surface area contributed by atoms with Gasteiger partial charge in [0.1, 0.15) is 0 Å². The zero-order valence-corrected chi connectivity index (χ0v) is 19.1. The van der Waals surface area contributed by atoms with Crippen LogP contribution in [0.5, 0.6) is 0 Å². The van der Waals surface area contributed by atoms with Gasteiger partial charge in [-0.1, -0.05) is 42.0 Å². The van der Waals surface area contributed by atoms with E-state index in [2.05, 4.69) is 4.72 Å². The van der Waals surface area contributed by atoms with E-state index in [1.165, 1.54) is 23.9 Å². The third kappa shape index (κ3) is 4.25. The highest BCUT2D eigenvalue weighted by atomic mass is 32.2. The molecular weight excluding hydrogens is 440 g/mol. The lowest BCUT2D eigenvalue weighted by Crippen LogP contribution is -2.17. The van der Waals surface area contributed by atoms with Crippen molar-refractivity contribution in [1.29, 1.82) is 0 Å². The molecule has 0 amide bonds. The van der Waals surface area contributed by atoms with Gasteiger partial charge in [-0.05, 0) is 49.7 Å². The van der Waals surface area contributed by atoms with Crippen molar-refractivity contribution >= 4 is 38.5 Å². The van der Waals surface area contributed by atoms with Crippen molar-refractivity contribution in [2.45, 2.75) is 18.7 Å². The molecule has 0 fully saturated rings. The van der Waals surface area contributed by atoms with Crippen LogP contribution in [-0.2, 0) is 14.8 Å². The van der Waals surface area contributed by atoms with E-state index in [4.69, 9.17) is 4.74 Å². The van der Waals surface area contributed by atoms with Gasteiger partial charge in [0, 0.05) is 22.8 Å². The van der Waals surface area contributed by atoms with Crippen LogP contribution in [0.25, 0.3) is 10.9 Å². The largest absolute Gasteiger partial charge is 0.465 e. The van der Waals surface area contributed by atoms with Crippen molar-refractivity contribution in [3.8, 4) is 0 Å². The van der Waals surface area contributed by atoms with Crippen LogP contribution in [0.1, 0.15) is 31.8 Å². The number of hydrogen-bond donors (Lipinski definition) is 1. The highest BCUT2D eigenvalue weighted by Crippen LogP contribution is 2.25. The smallest absolute Gasteiger partial charge is 0.340 e. The van der Waals surface area contributed by atoms with Gasteiger partial charge in [0.15, 0.2) is 0 Å². The number of nitrogens with zero attached hydrogens (tertiary/aromatic N) is 1. The minimum absolute atomic E-state index is 0.00132. The van der Waals surface area contributed by atoms with Crippen molar-refractivity contribution in [2.75, 3.05) is 11.8 Å². The quantitative estimate of drug-likeness (QED) is 0.440. The Kier molecular flexibility index (Phi) is 5.78. The van der Waals surface area contributed by atoms with E-state index < -0.39 is 21.9 Å². The van der Waals surface area contributed by atoms with Crippen molar-refractivity contribution < 1.29 is 22.7 Å². The number of carbonyl (C=O) groups excluding carboxylic acids is 2. The van der Waals surface area contributed by atoms with Crippen molar-refractivity contribution in [2.24, 2.45) is 0 Å². The molecule has 0 aliphatic carbocycles. The van der Waals surface area contributed by atoms with E-state index in [1.807, 2.05) is 6.92 Å². The third-order valence-corrected chi connectivity index (χ3v) is 6.89. The average molecular weight is 463 g/mol. The second-order valence-electron chi connectivity index (χ2n) is 7.68. The maximum absolute atomic E-state index is 13.4. The lowest BCUT2D eigenvalue weighted by atomic mass is 10.1. The number of methoxy groups -OCH3 is 1.